The van der Waals surface area contributed by atoms with E-state index in [0.29, 0.717) is 18.5 Å². The Morgan fingerprint density at radius 1 is 1.20 bits per heavy atom. The van der Waals surface area contributed by atoms with Crippen molar-refractivity contribution in [1.82, 2.24) is 0 Å². The number of carbonyl (C=O) groups excluding carboxylic acids is 1. The standard InChI is InChI=1S/C17H20O3/c1-2-3-9-20-10-8-13-4-6-15-14(11-13)5-7-17(19)16(15)12-18/h4-7,11-12,19H,2-3,8-10H2,1H3. The van der Waals surface area contributed by atoms with E-state index in [-0.39, 0.29) is 5.75 Å². The Bertz CT molecular complexity index is 590. The van der Waals surface area contributed by atoms with Crippen LogP contribution >= 0.6 is 0 Å². The van der Waals surface area contributed by atoms with Crippen molar-refractivity contribution < 1.29 is 14.6 Å². The molecule has 2 aromatic carbocycles. The van der Waals surface area contributed by atoms with Crippen molar-refractivity contribution in [1.29, 1.82) is 0 Å². The van der Waals surface area contributed by atoms with Gasteiger partial charge in [0.15, 0.2) is 6.29 Å². The van der Waals surface area contributed by atoms with Gasteiger partial charge in [0.1, 0.15) is 5.75 Å². The summed E-state index contributed by atoms with van der Waals surface area (Å²) in [6.45, 7) is 3.67. The zero-order chi connectivity index (χ0) is 14.4. The maximum absolute atomic E-state index is 11.0. The van der Waals surface area contributed by atoms with Gasteiger partial charge in [-0.2, -0.15) is 0 Å². The third-order valence-electron chi connectivity index (χ3n) is 3.40. The molecule has 0 fully saturated rings. The molecule has 106 valence electrons. The SMILES string of the molecule is CCCCOCCc1ccc2c(C=O)c(O)ccc2c1. The molecule has 0 saturated heterocycles. The van der Waals surface area contributed by atoms with Gasteiger partial charge in [-0.1, -0.05) is 37.6 Å². The maximum atomic E-state index is 11.0. The number of phenolic OH excluding ortho intramolecular Hbond substituents is 1. The van der Waals surface area contributed by atoms with Gasteiger partial charge < -0.3 is 9.84 Å². The highest BCUT2D eigenvalue weighted by Gasteiger charge is 2.06. The monoisotopic (exact) mass is 272 g/mol. The minimum Gasteiger partial charge on any atom is -0.507 e. The number of unbranched alkanes of at least 4 members (excludes halogenated alkanes) is 1. The normalized spacial score (nSPS) is 10.8. The van der Waals surface area contributed by atoms with E-state index in [1.807, 2.05) is 24.3 Å². The van der Waals surface area contributed by atoms with Crippen LogP contribution in [0.4, 0.5) is 0 Å². The zero-order valence-corrected chi connectivity index (χ0v) is 11.8. The summed E-state index contributed by atoms with van der Waals surface area (Å²) in [7, 11) is 0. The van der Waals surface area contributed by atoms with Gasteiger partial charge >= 0.3 is 0 Å². The summed E-state index contributed by atoms with van der Waals surface area (Å²) >= 11 is 0. The van der Waals surface area contributed by atoms with E-state index < -0.39 is 0 Å². The van der Waals surface area contributed by atoms with Crippen molar-refractivity contribution in [2.24, 2.45) is 0 Å². The molecule has 0 bridgehead atoms. The van der Waals surface area contributed by atoms with Crippen molar-refractivity contribution in [3.63, 3.8) is 0 Å². The Morgan fingerprint density at radius 2 is 2.05 bits per heavy atom. The molecule has 1 N–H and O–H groups in total. The molecule has 0 radical (unpaired) electrons. The summed E-state index contributed by atoms with van der Waals surface area (Å²) in [6, 6.07) is 9.32. The third kappa shape index (κ3) is 3.36. The van der Waals surface area contributed by atoms with Crippen LogP contribution < -0.4 is 0 Å². The molecule has 0 amide bonds. The fraction of sp³-hybridized carbons (Fsp3) is 0.353. The van der Waals surface area contributed by atoms with E-state index in [0.717, 1.165) is 36.6 Å². The zero-order valence-electron chi connectivity index (χ0n) is 11.8. The molecule has 2 rings (SSSR count). The van der Waals surface area contributed by atoms with E-state index >= 15 is 0 Å². The molecule has 0 aliphatic heterocycles. The maximum Gasteiger partial charge on any atom is 0.154 e. The highest BCUT2D eigenvalue weighted by molar-refractivity contribution is 6.00. The second-order valence-corrected chi connectivity index (χ2v) is 4.89. The van der Waals surface area contributed by atoms with Crippen molar-refractivity contribution in [3.8, 4) is 5.75 Å². The first-order valence-electron chi connectivity index (χ1n) is 7.03. The minimum absolute atomic E-state index is 0.0307. The number of benzene rings is 2. The Balaban J connectivity index is 2.10. The predicted octanol–water partition coefficient (Wildman–Crippen LogP) is 3.72. The number of hydrogen-bond donors (Lipinski definition) is 1. The number of hydrogen-bond acceptors (Lipinski definition) is 3. The van der Waals surface area contributed by atoms with Crippen LogP contribution in [-0.4, -0.2) is 24.6 Å². The second-order valence-electron chi connectivity index (χ2n) is 4.89. The molecule has 0 aliphatic carbocycles. The summed E-state index contributed by atoms with van der Waals surface area (Å²) in [6.07, 6.45) is 3.80. The van der Waals surface area contributed by atoms with Gasteiger partial charge in [-0.3, -0.25) is 4.79 Å². The van der Waals surface area contributed by atoms with Crippen molar-refractivity contribution in [3.05, 3.63) is 41.5 Å². The Hall–Kier alpha value is -1.87. The molecule has 20 heavy (non-hydrogen) atoms. The van der Waals surface area contributed by atoms with Crippen LogP contribution in [0, 0.1) is 0 Å². The van der Waals surface area contributed by atoms with Gasteiger partial charge in [-0.15, -0.1) is 0 Å². The van der Waals surface area contributed by atoms with Gasteiger partial charge in [-0.05, 0) is 35.2 Å². The lowest BCUT2D eigenvalue weighted by molar-refractivity contribution is 0.112. The van der Waals surface area contributed by atoms with Gasteiger partial charge in [0.25, 0.3) is 0 Å². The molecule has 3 heteroatoms. The van der Waals surface area contributed by atoms with Crippen LogP contribution in [0.3, 0.4) is 0 Å². The Kier molecular flexibility index (Phi) is 5.13. The number of fused-ring (bicyclic) bond motifs is 1. The summed E-state index contributed by atoms with van der Waals surface area (Å²) in [5.74, 6) is 0.0307. The average molecular weight is 272 g/mol. The average Bonchev–Trinajstić information content (AvgIpc) is 2.47. The molecule has 0 atom stereocenters. The van der Waals surface area contributed by atoms with E-state index in [4.69, 9.17) is 4.74 Å². The first-order valence-corrected chi connectivity index (χ1v) is 7.03. The molecule has 0 unspecified atom stereocenters. The van der Waals surface area contributed by atoms with E-state index in [1.165, 1.54) is 5.56 Å². The van der Waals surface area contributed by atoms with Crippen LogP contribution in [0.25, 0.3) is 10.8 Å². The molecular formula is C17H20O3. The second kappa shape index (κ2) is 7.06. The Labute approximate surface area is 119 Å². The lowest BCUT2D eigenvalue weighted by Crippen LogP contribution is -2.00. The number of aromatic hydroxyl groups is 1. The number of aldehydes is 1. The van der Waals surface area contributed by atoms with Gasteiger partial charge in [0, 0.05) is 6.61 Å². The molecule has 0 aromatic heterocycles. The smallest absolute Gasteiger partial charge is 0.154 e. The summed E-state index contributed by atoms with van der Waals surface area (Å²) in [5, 5.41) is 11.4. The van der Waals surface area contributed by atoms with E-state index in [9.17, 15) is 9.90 Å². The quantitative estimate of drug-likeness (QED) is 0.617. The fourth-order valence-electron chi connectivity index (χ4n) is 2.21. The summed E-state index contributed by atoms with van der Waals surface area (Å²) in [5.41, 5.74) is 1.53. The van der Waals surface area contributed by atoms with Crippen molar-refractivity contribution in [2.45, 2.75) is 26.2 Å². The largest absolute Gasteiger partial charge is 0.507 e. The third-order valence-corrected chi connectivity index (χ3v) is 3.40. The van der Waals surface area contributed by atoms with Crippen LogP contribution in [0.1, 0.15) is 35.7 Å². The molecule has 3 nitrogen and oxygen atoms in total. The highest BCUT2D eigenvalue weighted by Crippen LogP contribution is 2.26. The lowest BCUT2D eigenvalue weighted by Gasteiger charge is -2.07. The fourth-order valence-corrected chi connectivity index (χ4v) is 2.21. The van der Waals surface area contributed by atoms with Gasteiger partial charge in [0.05, 0.1) is 12.2 Å². The summed E-state index contributed by atoms with van der Waals surface area (Å²) < 4.78 is 5.56. The van der Waals surface area contributed by atoms with Crippen LogP contribution in [0.5, 0.6) is 5.75 Å². The van der Waals surface area contributed by atoms with E-state index in [1.54, 1.807) is 6.07 Å². The number of carbonyl (C=O) groups is 1. The Morgan fingerprint density at radius 3 is 2.80 bits per heavy atom. The van der Waals surface area contributed by atoms with Crippen molar-refractivity contribution in [2.75, 3.05) is 13.2 Å². The van der Waals surface area contributed by atoms with Crippen molar-refractivity contribution >= 4 is 17.1 Å². The lowest BCUT2D eigenvalue weighted by atomic mass is 10.0. The predicted molar refractivity (Wildman–Crippen MR) is 80.4 cm³/mol. The number of ether oxygens (including phenoxy) is 1. The van der Waals surface area contributed by atoms with Crippen LogP contribution in [-0.2, 0) is 11.2 Å². The molecule has 0 saturated carbocycles. The number of rotatable bonds is 7. The van der Waals surface area contributed by atoms with Gasteiger partial charge in [0.2, 0.25) is 0 Å². The molecule has 0 spiro atoms. The molecular weight excluding hydrogens is 252 g/mol. The molecule has 0 heterocycles. The molecule has 2 aromatic rings. The highest BCUT2D eigenvalue weighted by atomic mass is 16.5. The minimum atomic E-state index is 0.0307. The first kappa shape index (κ1) is 14.5. The number of phenols is 1. The van der Waals surface area contributed by atoms with Crippen LogP contribution in [0.15, 0.2) is 30.3 Å². The van der Waals surface area contributed by atoms with E-state index in [2.05, 4.69) is 6.92 Å². The molecule has 0 aliphatic rings. The summed E-state index contributed by atoms with van der Waals surface area (Å²) in [4.78, 5) is 11.0. The first-order chi connectivity index (χ1) is 9.76. The topological polar surface area (TPSA) is 46.5 Å². The van der Waals surface area contributed by atoms with Crippen LogP contribution in [0.2, 0.25) is 0 Å². The van der Waals surface area contributed by atoms with Gasteiger partial charge in [-0.25, -0.2) is 0 Å².